The Balaban J connectivity index is 2.36. The van der Waals surface area contributed by atoms with Crippen molar-refractivity contribution in [1.29, 1.82) is 0 Å². The number of hydrogen-bond donors (Lipinski definition) is 2. The van der Waals surface area contributed by atoms with E-state index >= 15 is 0 Å². The molecule has 2 aromatic rings. The number of carbonyl (C=O) groups excluding carboxylic acids is 1. The molecule has 0 atom stereocenters. The maximum Gasteiger partial charge on any atom is 0.259 e. The van der Waals surface area contributed by atoms with E-state index in [0.717, 1.165) is 21.3 Å². The van der Waals surface area contributed by atoms with Crippen LogP contribution in [-0.2, 0) is 0 Å². The number of para-hydroxylation sites is 1. The molecule has 2 N–H and O–H groups in total. The Hall–Kier alpha value is -1.81. The summed E-state index contributed by atoms with van der Waals surface area (Å²) in [5.41, 5.74) is 3.17. The molecule has 3 nitrogen and oxygen atoms in total. The van der Waals surface area contributed by atoms with Gasteiger partial charge in [-0.05, 0) is 42.2 Å². The fraction of sp³-hybridized carbons (Fsp3) is 0.235. The standard InChI is InChI=1S/C17H18BrNO2/c1-10(2)13-6-4-5-11(3)16(13)19-17(21)14-8-7-12(18)9-15(14)20/h4-10,20H,1-3H3,(H,19,21). The van der Waals surface area contributed by atoms with Crippen molar-refractivity contribution in [2.45, 2.75) is 26.7 Å². The van der Waals surface area contributed by atoms with E-state index in [1.54, 1.807) is 12.1 Å². The Kier molecular flexibility index (Phi) is 4.68. The summed E-state index contributed by atoms with van der Waals surface area (Å²) in [6, 6.07) is 10.8. The van der Waals surface area contributed by atoms with Gasteiger partial charge in [0.1, 0.15) is 5.75 Å². The van der Waals surface area contributed by atoms with Gasteiger partial charge in [0.15, 0.2) is 0 Å². The number of rotatable bonds is 3. The van der Waals surface area contributed by atoms with Crippen molar-refractivity contribution < 1.29 is 9.90 Å². The van der Waals surface area contributed by atoms with Crippen LogP contribution >= 0.6 is 15.9 Å². The van der Waals surface area contributed by atoms with Crippen LogP contribution in [0.5, 0.6) is 5.75 Å². The number of aryl methyl sites for hydroxylation is 1. The summed E-state index contributed by atoms with van der Waals surface area (Å²) in [5.74, 6) is -0.0449. The predicted molar refractivity (Wildman–Crippen MR) is 89.0 cm³/mol. The first kappa shape index (κ1) is 15.6. The average Bonchev–Trinajstić information content (AvgIpc) is 2.40. The highest BCUT2D eigenvalue weighted by atomic mass is 79.9. The van der Waals surface area contributed by atoms with Gasteiger partial charge in [-0.1, -0.05) is 48.0 Å². The normalized spacial score (nSPS) is 10.7. The van der Waals surface area contributed by atoms with Gasteiger partial charge in [-0.3, -0.25) is 4.79 Å². The summed E-state index contributed by atoms with van der Waals surface area (Å²) >= 11 is 3.26. The lowest BCUT2D eigenvalue weighted by Gasteiger charge is -2.16. The van der Waals surface area contributed by atoms with Crippen molar-refractivity contribution in [2.24, 2.45) is 0 Å². The first-order valence-corrected chi connectivity index (χ1v) is 7.59. The molecule has 0 aliphatic rings. The van der Waals surface area contributed by atoms with E-state index in [2.05, 4.69) is 35.1 Å². The Morgan fingerprint density at radius 2 is 1.95 bits per heavy atom. The maximum absolute atomic E-state index is 12.4. The van der Waals surface area contributed by atoms with Crippen LogP contribution in [0.1, 0.15) is 41.3 Å². The molecule has 2 aromatic carbocycles. The van der Waals surface area contributed by atoms with Gasteiger partial charge in [-0.15, -0.1) is 0 Å². The highest BCUT2D eigenvalue weighted by Gasteiger charge is 2.15. The number of aromatic hydroxyl groups is 1. The zero-order valence-electron chi connectivity index (χ0n) is 12.3. The molecule has 0 radical (unpaired) electrons. The molecule has 0 heterocycles. The van der Waals surface area contributed by atoms with Crippen molar-refractivity contribution in [3.05, 3.63) is 57.6 Å². The van der Waals surface area contributed by atoms with Crippen LogP contribution in [0.3, 0.4) is 0 Å². The molecule has 0 aromatic heterocycles. The molecule has 0 aliphatic heterocycles. The molecular formula is C17H18BrNO2. The second-order valence-electron chi connectivity index (χ2n) is 5.31. The van der Waals surface area contributed by atoms with Gasteiger partial charge in [0.25, 0.3) is 5.91 Å². The number of carbonyl (C=O) groups is 1. The Labute approximate surface area is 133 Å². The van der Waals surface area contributed by atoms with Crippen molar-refractivity contribution in [3.8, 4) is 5.75 Å². The van der Waals surface area contributed by atoms with Gasteiger partial charge in [0.2, 0.25) is 0 Å². The largest absolute Gasteiger partial charge is 0.507 e. The lowest BCUT2D eigenvalue weighted by atomic mass is 9.98. The SMILES string of the molecule is Cc1cccc(C(C)C)c1NC(=O)c1ccc(Br)cc1O. The third-order valence-electron chi connectivity index (χ3n) is 3.37. The molecule has 0 spiro atoms. The van der Waals surface area contributed by atoms with E-state index in [1.165, 1.54) is 6.07 Å². The third kappa shape index (κ3) is 3.45. The first-order valence-electron chi connectivity index (χ1n) is 6.79. The van der Waals surface area contributed by atoms with E-state index in [4.69, 9.17) is 0 Å². The highest BCUT2D eigenvalue weighted by molar-refractivity contribution is 9.10. The van der Waals surface area contributed by atoms with Crippen LogP contribution in [0.4, 0.5) is 5.69 Å². The number of anilines is 1. The lowest BCUT2D eigenvalue weighted by Crippen LogP contribution is -2.15. The Morgan fingerprint density at radius 1 is 1.24 bits per heavy atom. The Bertz CT molecular complexity index is 680. The summed E-state index contributed by atoms with van der Waals surface area (Å²) in [6.07, 6.45) is 0. The molecular weight excluding hydrogens is 330 g/mol. The lowest BCUT2D eigenvalue weighted by molar-refractivity contribution is 0.102. The smallest absolute Gasteiger partial charge is 0.259 e. The number of benzene rings is 2. The maximum atomic E-state index is 12.4. The minimum absolute atomic E-state index is 0.0402. The highest BCUT2D eigenvalue weighted by Crippen LogP contribution is 2.29. The third-order valence-corrected chi connectivity index (χ3v) is 3.86. The molecule has 4 heteroatoms. The number of nitrogens with one attached hydrogen (secondary N) is 1. The van der Waals surface area contributed by atoms with Crippen molar-refractivity contribution >= 4 is 27.5 Å². The molecule has 0 bridgehead atoms. The molecule has 21 heavy (non-hydrogen) atoms. The van der Waals surface area contributed by atoms with Gasteiger partial charge in [0, 0.05) is 10.2 Å². The van der Waals surface area contributed by atoms with Gasteiger partial charge in [0.05, 0.1) is 5.56 Å². The van der Waals surface area contributed by atoms with Crippen LogP contribution < -0.4 is 5.32 Å². The summed E-state index contributed by atoms with van der Waals surface area (Å²) in [5, 5.41) is 12.8. The van der Waals surface area contributed by atoms with Crippen molar-refractivity contribution in [3.63, 3.8) is 0 Å². The van der Waals surface area contributed by atoms with Crippen molar-refractivity contribution in [2.75, 3.05) is 5.32 Å². The van der Waals surface area contributed by atoms with Gasteiger partial charge in [-0.25, -0.2) is 0 Å². The molecule has 2 rings (SSSR count). The zero-order chi connectivity index (χ0) is 15.6. The van der Waals surface area contributed by atoms with E-state index in [1.807, 2.05) is 25.1 Å². The molecule has 0 aliphatic carbocycles. The number of hydrogen-bond acceptors (Lipinski definition) is 2. The van der Waals surface area contributed by atoms with Crippen LogP contribution in [-0.4, -0.2) is 11.0 Å². The second-order valence-corrected chi connectivity index (χ2v) is 6.23. The summed E-state index contributed by atoms with van der Waals surface area (Å²) in [4.78, 5) is 12.4. The molecule has 0 unspecified atom stereocenters. The molecule has 0 saturated carbocycles. The minimum atomic E-state index is -0.309. The fourth-order valence-corrected chi connectivity index (χ4v) is 2.57. The van der Waals surface area contributed by atoms with Crippen LogP contribution in [0.15, 0.2) is 40.9 Å². The van der Waals surface area contributed by atoms with E-state index in [9.17, 15) is 9.90 Å². The second kappa shape index (κ2) is 6.31. The van der Waals surface area contributed by atoms with E-state index in [0.29, 0.717) is 5.92 Å². The molecule has 0 fully saturated rings. The molecule has 0 saturated heterocycles. The average molecular weight is 348 g/mol. The monoisotopic (exact) mass is 347 g/mol. The zero-order valence-corrected chi connectivity index (χ0v) is 13.9. The number of phenols is 1. The van der Waals surface area contributed by atoms with E-state index < -0.39 is 0 Å². The van der Waals surface area contributed by atoms with Crippen LogP contribution in [0, 0.1) is 6.92 Å². The fourth-order valence-electron chi connectivity index (χ4n) is 2.22. The summed E-state index contributed by atoms with van der Waals surface area (Å²) in [7, 11) is 0. The van der Waals surface area contributed by atoms with Crippen LogP contribution in [0.25, 0.3) is 0 Å². The van der Waals surface area contributed by atoms with Crippen molar-refractivity contribution in [1.82, 2.24) is 0 Å². The van der Waals surface area contributed by atoms with E-state index in [-0.39, 0.29) is 17.2 Å². The summed E-state index contributed by atoms with van der Waals surface area (Å²) in [6.45, 7) is 6.13. The summed E-state index contributed by atoms with van der Waals surface area (Å²) < 4.78 is 0.732. The number of amides is 1. The predicted octanol–water partition coefficient (Wildman–Crippen LogP) is 4.84. The number of phenolic OH excluding ortho intramolecular Hbond substituents is 1. The quantitative estimate of drug-likeness (QED) is 0.834. The first-order chi connectivity index (χ1) is 9.90. The Morgan fingerprint density at radius 3 is 2.57 bits per heavy atom. The van der Waals surface area contributed by atoms with Crippen LogP contribution in [0.2, 0.25) is 0 Å². The molecule has 1 amide bonds. The molecule has 110 valence electrons. The number of halogens is 1. The van der Waals surface area contributed by atoms with Gasteiger partial charge < -0.3 is 10.4 Å². The van der Waals surface area contributed by atoms with Gasteiger partial charge in [-0.2, -0.15) is 0 Å². The van der Waals surface area contributed by atoms with Gasteiger partial charge >= 0.3 is 0 Å². The topological polar surface area (TPSA) is 49.3 Å². The minimum Gasteiger partial charge on any atom is -0.507 e.